The van der Waals surface area contributed by atoms with E-state index in [1.807, 2.05) is 58.1 Å². The van der Waals surface area contributed by atoms with Crippen molar-refractivity contribution < 1.29 is 24.9 Å². The highest BCUT2D eigenvalue weighted by atomic mass is 16.4. The van der Waals surface area contributed by atoms with Gasteiger partial charge in [-0.2, -0.15) is 0 Å². The van der Waals surface area contributed by atoms with E-state index in [-0.39, 0.29) is 18.8 Å². The molecule has 7 N–H and O–H groups in total. The molecule has 9 heteroatoms. The first-order chi connectivity index (χ1) is 20.0. The fourth-order valence-electron chi connectivity index (χ4n) is 5.98. The number of allylic oxidation sites excluding steroid dienone is 2. The standard InChI is InChI=1S/C33H36N4O5/c1-6-20-16(2)26-13-31-23(15-38)19(5)25(37-31)11-24-17(3)21(7-9-32(39)40)29(35-24)14-30-22(8-10-33(41)42)18(4)27(36-30)12-28(20)34-26/h6,11-15,20,34-38H,1,7-10H2,2-5H3,(H,39,40)(H,41,42)/t20-/m1/s1. The lowest BCUT2D eigenvalue weighted by atomic mass is 9.97. The molecule has 3 aromatic rings. The van der Waals surface area contributed by atoms with Crippen molar-refractivity contribution in [2.75, 3.05) is 0 Å². The van der Waals surface area contributed by atoms with Gasteiger partial charge in [0.05, 0.1) is 11.6 Å². The van der Waals surface area contributed by atoms with Gasteiger partial charge in [-0.1, -0.05) is 6.08 Å². The molecule has 0 spiro atoms. The van der Waals surface area contributed by atoms with E-state index in [4.69, 9.17) is 0 Å². The highest BCUT2D eigenvalue weighted by Crippen LogP contribution is 2.33. The second kappa shape index (κ2) is 11.2. The lowest BCUT2D eigenvalue weighted by molar-refractivity contribution is -0.138. The SMILES string of the molecule is C=C[C@H]1C2=Cc3[nH]c(c(CCC(=O)O)c3C)C=c3[nH]c(c(C)c3CCC(=O)O)=Cc3[nH]c(c(=CO)c3C)=CC(=C1C)N2. The number of hydrogen-bond acceptors (Lipinski definition) is 4. The van der Waals surface area contributed by atoms with E-state index in [0.717, 1.165) is 84.2 Å². The van der Waals surface area contributed by atoms with Crippen LogP contribution in [0.15, 0.2) is 29.6 Å². The molecule has 9 nitrogen and oxygen atoms in total. The summed E-state index contributed by atoms with van der Waals surface area (Å²) in [6, 6.07) is 0. The lowest BCUT2D eigenvalue weighted by Crippen LogP contribution is -2.25. The molecule has 0 saturated carbocycles. The number of fused-ring (bicyclic) bond motifs is 8. The largest absolute Gasteiger partial charge is 0.515 e. The number of aromatic amines is 3. The zero-order valence-electron chi connectivity index (χ0n) is 24.2. The first kappa shape index (κ1) is 28.6. The molecular formula is C33H36N4O5. The predicted molar refractivity (Wildman–Crippen MR) is 163 cm³/mol. The molecule has 0 amide bonds. The van der Waals surface area contributed by atoms with Crippen LogP contribution in [0.3, 0.4) is 0 Å². The van der Waals surface area contributed by atoms with Crippen LogP contribution < -0.4 is 26.6 Å². The van der Waals surface area contributed by atoms with Crippen molar-refractivity contribution in [1.82, 2.24) is 20.3 Å². The molecule has 2 aliphatic rings. The van der Waals surface area contributed by atoms with Crippen LogP contribution in [0.5, 0.6) is 0 Å². The molecule has 2 aliphatic heterocycles. The molecule has 0 saturated heterocycles. The molecule has 42 heavy (non-hydrogen) atoms. The molecule has 0 fully saturated rings. The fourth-order valence-corrected chi connectivity index (χ4v) is 5.98. The molecule has 0 unspecified atom stereocenters. The van der Waals surface area contributed by atoms with Gasteiger partial charge in [-0.25, -0.2) is 0 Å². The van der Waals surface area contributed by atoms with Crippen LogP contribution in [0.1, 0.15) is 64.7 Å². The number of aliphatic hydroxyl groups excluding tert-OH is 1. The number of H-pyrrole nitrogens is 3. The Morgan fingerprint density at radius 1 is 0.786 bits per heavy atom. The summed E-state index contributed by atoms with van der Waals surface area (Å²) in [4.78, 5) is 33.5. The van der Waals surface area contributed by atoms with E-state index in [2.05, 4.69) is 26.8 Å². The molecule has 0 aromatic carbocycles. The van der Waals surface area contributed by atoms with Gasteiger partial charge in [-0.05, 0) is 98.2 Å². The van der Waals surface area contributed by atoms with E-state index in [0.29, 0.717) is 18.1 Å². The Balaban J connectivity index is 1.88. The second-order valence-electron chi connectivity index (χ2n) is 11.0. The van der Waals surface area contributed by atoms with Crippen LogP contribution in [-0.4, -0.2) is 42.2 Å². The number of aromatic nitrogens is 3. The number of rotatable bonds is 7. The Kier molecular flexibility index (Phi) is 7.60. The molecule has 1 atom stereocenters. The molecule has 8 bridgehead atoms. The first-order valence-corrected chi connectivity index (χ1v) is 13.9. The fraction of sp³-hybridized carbons (Fsp3) is 0.273. The second-order valence-corrected chi connectivity index (χ2v) is 11.0. The maximum Gasteiger partial charge on any atom is 0.303 e. The molecule has 5 rings (SSSR count). The summed E-state index contributed by atoms with van der Waals surface area (Å²) >= 11 is 0. The maximum absolute atomic E-state index is 11.5. The average Bonchev–Trinajstić information content (AvgIpc) is 3.59. The van der Waals surface area contributed by atoms with Crippen LogP contribution in [0, 0.1) is 26.7 Å². The summed E-state index contributed by atoms with van der Waals surface area (Å²) in [6.45, 7) is 12.0. The van der Waals surface area contributed by atoms with Crippen molar-refractivity contribution in [2.24, 2.45) is 5.92 Å². The topological polar surface area (TPSA) is 154 Å². The van der Waals surface area contributed by atoms with Crippen molar-refractivity contribution in [1.29, 1.82) is 0 Å². The summed E-state index contributed by atoms with van der Waals surface area (Å²) in [6.07, 6.45) is 11.6. The highest BCUT2D eigenvalue weighted by Gasteiger charge is 2.25. The van der Waals surface area contributed by atoms with Crippen LogP contribution in [0.25, 0.3) is 30.6 Å². The van der Waals surface area contributed by atoms with Crippen LogP contribution in [-0.2, 0) is 22.4 Å². The Morgan fingerprint density at radius 3 is 2.07 bits per heavy atom. The van der Waals surface area contributed by atoms with E-state index in [9.17, 15) is 24.9 Å². The Hall–Kier alpha value is -4.92. The number of aliphatic carboxylic acids is 2. The zero-order valence-corrected chi connectivity index (χ0v) is 24.2. The monoisotopic (exact) mass is 568 g/mol. The quantitative estimate of drug-likeness (QED) is 0.217. The summed E-state index contributed by atoms with van der Waals surface area (Å²) < 4.78 is 0. The van der Waals surface area contributed by atoms with E-state index in [1.54, 1.807) is 0 Å². The Labute approximate surface area is 242 Å². The Morgan fingerprint density at radius 2 is 1.43 bits per heavy atom. The van der Waals surface area contributed by atoms with Gasteiger partial charge in [-0.3, -0.25) is 9.59 Å². The zero-order chi connectivity index (χ0) is 30.3. The van der Waals surface area contributed by atoms with Gasteiger partial charge < -0.3 is 35.6 Å². The maximum atomic E-state index is 11.5. The summed E-state index contributed by atoms with van der Waals surface area (Å²) in [5.74, 6) is -1.83. The van der Waals surface area contributed by atoms with Crippen molar-refractivity contribution in [3.8, 4) is 0 Å². The average molecular weight is 569 g/mol. The summed E-state index contributed by atoms with van der Waals surface area (Å²) in [5, 5.41) is 35.6. The van der Waals surface area contributed by atoms with Gasteiger partial charge in [0.25, 0.3) is 0 Å². The number of carboxylic acids is 2. The molecule has 218 valence electrons. The van der Waals surface area contributed by atoms with Gasteiger partial charge in [0, 0.05) is 63.2 Å². The minimum absolute atomic E-state index is 0.0179. The molecular weight excluding hydrogens is 532 g/mol. The van der Waals surface area contributed by atoms with Crippen LogP contribution in [0.4, 0.5) is 0 Å². The van der Waals surface area contributed by atoms with Crippen molar-refractivity contribution in [3.63, 3.8) is 0 Å². The van der Waals surface area contributed by atoms with Gasteiger partial charge in [0.15, 0.2) is 0 Å². The van der Waals surface area contributed by atoms with Gasteiger partial charge in [-0.15, -0.1) is 6.58 Å². The third-order valence-corrected chi connectivity index (χ3v) is 8.48. The third kappa shape index (κ3) is 5.13. The first-order valence-electron chi connectivity index (χ1n) is 13.9. The molecule has 3 aromatic heterocycles. The van der Waals surface area contributed by atoms with E-state index < -0.39 is 11.9 Å². The normalized spacial score (nSPS) is 16.3. The molecule has 0 aliphatic carbocycles. The number of carbonyl (C=O) groups is 2. The smallest absolute Gasteiger partial charge is 0.303 e. The summed E-state index contributed by atoms with van der Waals surface area (Å²) in [7, 11) is 0. The highest BCUT2D eigenvalue weighted by molar-refractivity contribution is 5.71. The van der Waals surface area contributed by atoms with Crippen molar-refractivity contribution in [2.45, 2.75) is 53.4 Å². The molecule has 5 heterocycles. The van der Waals surface area contributed by atoms with Gasteiger partial charge >= 0.3 is 11.9 Å². The van der Waals surface area contributed by atoms with Crippen LogP contribution >= 0.6 is 0 Å². The van der Waals surface area contributed by atoms with Gasteiger partial charge in [0.1, 0.15) is 0 Å². The Bertz CT molecular complexity index is 1940. The van der Waals surface area contributed by atoms with Gasteiger partial charge in [0.2, 0.25) is 0 Å². The van der Waals surface area contributed by atoms with Crippen molar-refractivity contribution >= 4 is 42.5 Å². The minimum Gasteiger partial charge on any atom is -0.515 e. The third-order valence-electron chi connectivity index (χ3n) is 8.48. The van der Waals surface area contributed by atoms with Crippen LogP contribution in [0.2, 0.25) is 0 Å². The van der Waals surface area contributed by atoms with Crippen molar-refractivity contribution in [3.05, 3.63) is 95.8 Å². The number of aliphatic hydroxyl groups is 1. The van der Waals surface area contributed by atoms with E-state index >= 15 is 0 Å². The number of carboxylic acid groups (broad SMARTS) is 2. The predicted octanol–water partition coefficient (Wildman–Crippen LogP) is 2.40. The lowest BCUT2D eigenvalue weighted by Gasteiger charge is -2.08. The minimum atomic E-state index is -0.885. The number of nitrogens with one attached hydrogen (secondary N) is 4. The number of hydrogen-bond donors (Lipinski definition) is 7. The summed E-state index contributed by atoms with van der Waals surface area (Å²) in [5.41, 5.74) is 9.84. The molecule has 0 radical (unpaired) electrons. The van der Waals surface area contributed by atoms with E-state index in [1.165, 1.54) is 0 Å².